The Bertz CT molecular complexity index is 261. The van der Waals surface area contributed by atoms with Crippen LogP contribution in [0.1, 0.15) is 5.56 Å². The van der Waals surface area contributed by atoms with E-state index in [-0.39, 0.29) is 51.4 Å². The van der Waals surface area contributed by atoms with Gasteiger partial charge in [0.25, 0.3) is 0 Å². The van der Waals surface area contributed by atoms with E-state index >= 15 is 0 Å². The van der Waals surface area contributed by atoms with Crippen molar-refractivity contribution in [1.82, 2.24) is 0 Å². The second-order valence-electron chi connectivity index (χ2n) is 2.22. The minimum absolute atomic E-state index is 0. The van der Waals surface area contributed by atoms with Crippen molar-refractivity contribution in [3.8, 4) is 5.75 Å². The molecule has 0 heterocycles. The Morgan fingerprint density at radius 2 is 1.77 bits per heavy atom. The third kappa shape index (κ3) is 4.97. The third-order valence-corrected chi connectivity index (χ3v) is 1.36. The summed E-state index contributed by atoms with van der Waals surface area (Å²) >= 11 is 0. The number of hydrogen-bond donors (Lipinski definition) is 2. The summed E-state index contributed by atoms with van der Waals surface area (Å²) in [6.45, 7) is 3.58. The van der Waals surface area contributed by atoms with Crippen molar-refractivity contribution < 1.29 is 14.7 Å². The molecule has 5 heteroatoms. The second kappa shape index (κ2) is 6.78. The summed E-state index contributed by atoms with van der Waals surface area (Å²) in [5.41, 5.74) is 0.953. The molecule has 13 heavy (non-hydrogen) atoms. The molecule has 0 aliphatic carbocycles. The monoisotopic (exact) mass is 204 g/mol. The predicted octanol–water partition coefficient (Wildman–Crippen LogP) is 0.0294. The number of benzene rings is 1. The molecule has 0 saturated heterocycles. The third-order valence-electron chi connectivity index (χ3n) is 1.36. The van der Waals surface area contributed by atoms with Crippen molar-refractivity contribution in [2.24, 2.45) is 0 Å². The molecule has 0 unspecified atom stereocenters. The van der Waals surface area contributed by atoms with E-state index in [4.69, 9.17) is 10.0 Å². The van der Waals surface area contributed by atoms with Gasteiger partial charge in [-0.15, -0.1) is 0 Å². The van der Waals surface area contributed by atoms with Gasteiger partial charge >= 0.3 is 58.7 Å². The van der Waals surface area contributed by atoms with Crippen molar-refractivity contribution in [3.63, 3.8) is 0 Å². The Hall–Kier alpha value is 0.381. The normalized spacial score (nSPS) is 8.46. The van der Waals surface area contributed by atoms with Crippen molar-refractivity contribution >= 4 is 64.8 Å². The van der Waals surface area contributed by atoms with Crippen LogP contribution < -0.4 is 4.65 Å². The van der Waals surface area contributed by atoms with Crippen molar-refractivity contribution in [2.45, 2.75) is 0 Å². The zero-order valence-electron chi connectivity index (χ0n) is 6.47. The van der Waals surface area contributed by atoms with Gasteiger partial charge in [0, 0.05) is 0 Å². The van der Waals surface area contributed by atoms with Gasteiger partial charge in [-0.2, -0.15) is 0 Å². The SMILES string of the molecule is C=Cc1ccc(OB(O)O)cc1.[KH]. The molecule has 0 amide bonds. The van der Waals surface area contributed by atoms with Crippen LogP contribution in [0.25, 0.3) is 6.08 Å². The molecule has 1 aromatic carbocycles. The molecule has 0 bridgehead atoms. The molecular weight excluding hydrogens is 194 g/mol. The topological polar surface area (TPSA) is 49.7 Å². The van der Waals surface area contributed by atoms with Gasteiger partial charge < -0.3 is 14.7 Å². The quantitative estimate of drug-likeness (QED) is 0.683. The molecule has 1 aromatic rings. The molecule has 0 aliphatic rings. The van der Waals surface area contributed by atoms with Crippen molar-refractivity contribution in [2.75, 3.05) is 0 Å². The Morgan fingerprint density at radius 3 is 2.15 bits per heavy atom. The van der Waals surface area contributed by atoms with Crippen LogP contribution >= 0.6 is 0 Å². The molecule has 3 nitrogen and oxygen atoms in total. The second-order valence-corrected chi connectivity index (χ2v) is 2.22. The molecule has 0 atom stereocenters. The first-order valence-corrected chi connectivity index (χ1v) is 3.47. The summed E-state index contributed by atoms with van der Waals surface area (Å²) in [6.07, 6.45) is 1.69. The van der Waals surface area contributed by atoms with Crippen LogP contribution in [0.5, 0.6) is 5.75 Å². The maximum atomic E-state index is 8.45. The Labute approximate surface area is 120 Å². The molecule has 0 radical (unpaired) electrons. The van der Waals surface area contributed by atoms with Crippen LogP contribution in [0.2, 0.25) is 0 Å². The van der Waals surface area contributed by atoms with E-state index in [0.29, 0.717) is 5.75 Å². The van der Waals surface area contributed by atoms with Crippen molar-refractivity contribution in [3.05, 3.63) is 36.4 Å². The van der Waals surface area contributed by atoms with E-state index in [1.165, 1.54) is 0 Å². The number of rotatable bonds is 3. The fraction of sp³-hybridized carbons (Fsp3) is 0. The molecule has 0 fully saturated rings. The molecule has 1 rings (SSSR count). The summed E-state index contributed by atoms with van der Waals surface area (Å²) in [5, 5.41) is 16.9. The van der Waals surface area contributed by atoms with Gasteiger partial charge in [-0.05, 0) is 17.7 Å². The summed E-state index contributed by atoms with van der Waals surface area (Å²) in [7, 11) is -1.76. The van der Waals surface area contributed by atoms with E-state index in [2.05, 4.69) is 11.2 Å². The fourth-order valence-electron chi connectivity index (χ4n) is 0.804. The molecule has 0 aliphatic heterocycles. The van der Waals surface area contributed by atoms with E-state index in [1.54, 1.807) is 30.3 Å². The van der Waals surface area contributed by atoms with Crippen LogP contribution in [-0.2, 0) is 0 Å². The van der Waals surface area contributed by atoms with E-state index in [9.17, 15) is 0 Å². The van der Waals surface area contributed by atoms with Gasteiger partial charge in [0.15, 0.2) is 0 Å². The first-order chi connectivity index (χ1) is 5.72. The molecular formula is C8H10BKO3. The van der Waals surface area contributed by atoms with Gasteiger partial charge in [-0.3, -0.25) is 0 Å². The van der Waals surface area contributed by atoms with E-state index in [0.717, 1.165) is 5.56 Å². The summed E-state index contributed by atoms with van der Waals surface area (Å²) < 4.78 is 4.59. The predicted molar refractivity (Wildman–Crippen MR) is 54.5 cm³/mol. The maximum absolute atomic E-state index is 8.45. The van der Waals surface area contributed by atoms with Crippen LogP contribution in [0.3, 0.4) is 0 Å². The Kier molecular flexibility index (Phi) is 6.98. The summed E-state index contributed by atoms with van der Waals surface area (Å²) in [4.78, 5) is 0. The molecule has 2 N–H and O–H groups in total. The molecule has 0 spiro atoms. The van der Waals surface area contributed by atoms with Crippen molar-refractivity contribution in [1.29, 1.82) is 0 Å². The molecule has 0 aromatic heterocycles. The summed E-state index contributed by atoms with van der Waals surface area (Å²) in [6, 6.07) is 6.81. The Morgan fingerprint density at radius 1 is 1.23 bits per heavy atom. The fourth-order valence-corrected chi connectivity index (χ4v) is 0.804. The first kappa shape index (κ1) is 13.4. The zero-order chi connectivity index (χ0) is 8.97. The van der Waals surface area contributed by atoms with Crippen LogP contribution in [0, 0.1) is 0 Å². The van der Waals surface area contributed by atoms with E-state index in [1.807, 2.05) is 0 Å². The summed E-state index contributed by atoms with van der Waals surface area (Å²) in [5.74, 6) is 0.413. The average molecular weight is 204 g/mol. The van der Waals surface area contributed by atoms with Gasteiger partial charge in [-0.1, -0.05) is 24.8 Å². The van der Waals surface area contributed by atoms with Gasteiger partial charge in [0.05, 0.1) is 0 Å². The first-order valence-electron chi connectivity index (χ1n) is 3.47. The molecule has 0 saturated carbocycles. The average Bonchev–Trinajstić information content (AvgIpc) is 2.05. The van der Waals surface area contributed by atoms with Gasteiger partial charge in [-0.25, -0.2) is 0 Å². The van der Waals surface area contributed by atoms with Crippen LogP contribution in [-0.4, -0.2) is 68.8 Å². The van der Waals surface area contributed by atoms with Crippen LogP contribution in [0.15, 0.2) is 30.8 Å². The van der Waals surface area contributed by atoms with Gasteiger partial charge in [0.2, 0.25) is 0 Å². The number of hydrogen-bond acceptors (Lipinski definition) is 3. The minimum atomic E-state index is -1.76. The van der Waals surface area contributed by atoms with E-state index < -0.39 is 7.32 Å². The van der Waals surface area contributed by atoms with Gasteiger partial charge in [0.1, 0.15) is 5.75 Å². The Balaban J connectivity index is 0.00000144. The molecule has 64 valence electrons. The standard InChI is InChI=1S/C8H9BO3.K.H/c1-2-7-3-5-8(6-4-7)12-9(10)11;;/h2-6,10-11H,1H2;;. The zero-order valence-corrected chi connectivity index (χ0v) is 6.47. The van der Waals surface area contributed by atoms with Crippen LogP contribution in [0.4, 0.5) is 0 Å².